The van der Waals surface area contributed by atoms with Crippen molar-refractivity contribution in [2.24, 2.45) is 5.92 Å². The lowest BCUT2D eigenvalue weighted by atomic mass is 9.71. The van der Waals surface area contributed by atoms with Crippen LogP contribution in [0.15, 0.2) is 4.42 Å². The topological polar surface area (TPSA) is 49.5 Å². The number of hydrogen-bond acceptors (Lipinski definition) is 4. The second-order valence-electron chi connectivity index (χ2n) is 6.28. The average molecular weight is 264 g/mol. The molecule has 0 amide bonds. The molecular weight excluding hydrogens is 240 g/mol. The van der Waals surface area contributed by atoms with Gasteiger partial charge < -0.3 is 9.52 Å². The highest BCUT2D eigenvalue weighted by molar-refractivity contribution is 5.05. The Labute approximate surface area is 114 Å². The Balaban J connectivity index is 1.64. The molecule has 106 valence electrons. The first-order chi connectivity index (χ1) is 9.07. The van der Waals surface area contributed by atoms with Gasteiger partial charge >= 0.3 is 0 Å². The highest BCUT2D eigenvalue weighted by Gasteiger charge is 2.42. The second kappa shape index (κ2) is 4.91. The molecule has 4 heteroatoms. The molecule has 0 spiro atoms. The number of likely N-dealkylation sites (tertiary alicyclic amines) is 1. The highest BCUT2D eigenvalue weighted by atomic mass is 16.4. The van der Waals surface area contributed by atoms with Gasteiger partial charge in [0.05, 0.1) is 17.8 Å². The molecular formula is C15H24N2O2. The van der Waals surface area contributed by atoms with Gasteiger partial charge in [0.15, 0.2) is 0 Å². The van der Waals surface area contributed by atoms with Gasteiger partial charge in [0, 0.05) is 19.0 Å². The molecule has 1 aliphatic carbocycles. The lowest BCUT2D eigenvalue weighted by Crippen LogP contribution is -2.52. The Morgan fingerprint density at radius 3 is 2.95 bits per heavy atom. The predicted molar refractivity (Wildman–Crippen MR) is 72.8 cm³/mol. The summed E-state index contributed by atoms with van der Waals surface area (Å²) < 4.78 is 5.66. The van der Waals surface area contributed by atoms with Gasteiger partial charge in [0.25, 0.3) is 0 Å². The first-order valence-corrected chi connectivity index (χ1v) is 7.44. The molecule has 2 fully saturated rings. The largest absolute Gasteiger partial charge is 0.444 e. The van der Waals surface area contributed by atoms with E-state index in [2.05, 4.69) is 9.88 Å². The van der Waals surface area contributed by atoms with Crippen molar-refractivity contribution in [3.8, 4) is 0 Å². The van der Waals surface area contributed by atoms with Crippen molar-refractivity contribution in [3.63, 3.8) is 0 Å². The Bertz CT molecular complexity index is 437. The van der Waals surface area contributed by atoms with Crippen molar-refractivity contribution in [1.82, 2.24) is 9.88 Å². The van der Waals surface area contributed by atoms with Gasteiger partial charge in [-0.1, -0.05) is 12.8 Å². The Hall–Kier alpha value is -0.870. The number of piperidine rings is 1. The van der Waals surface area contributed by atoms with E-state index in [4.69, 9.17) is 4.42 Å². The lowest BCUT2D eigenvalue weighted by molar-refractivity contribution is -0.0977. The number of nitrogens with zero attached hydrogens (tertiary/aromatic N) is 2. The van der Waals surface area contributed by atoms with E-state index < -0.39 is 5.60 Å². The summed E-state index contributed by atoms with van der Waals surface area (Å²) >= 11 is 0. The standard InChI is InChI=1S/C15H24N2O2/c1-11-12(2)19-14(16-11)10-17-8-7-15(18)6-4-3-5-13(15)9-17/h13,18H,3-10H2,1-2H3. The van der Waals surface area contributed by atoms with Crippen LogP contribution >= 0.6 is 0 Å². The monoisotopic (exact) mass is 264 g/mol. The number of aryl methyl sites for hydroxylation is 2. The second-order valence-corrected chi connectivity index (χ2v) is 6.28. The van der Waals surface area contributed by atoms with Crippen LogP contribution in [0.3, 0.4) is 0 Å². The van der Waals surface area contributed by atoms with Gasteiger partial charge in [-0.05, 0) is 33.1 Å². The molecule has 1 N–H and O–H groups in total. The summed E-state index contributed by atoms with van der Waals surface area (Å²) in [5, 5.41) is 10.7. The Morgan fingerprint density at radius 1 is 1.37 bits per heavy atom. The number of fused-ring (bicyclic) bond motifs is 1. The minimum absolute atomic E-state index is 0.392. The fourth-order valence-corrected chi connectivity index (χ4v) is 3.58. The average Bonchev–Trinajstić information content (AvgIpc) is 2.68. The number of rotatable bonds is 2. The van der Waals surface area contributed by atoms with Crippen LogP contribution in [0.4, 0.5) is 0 Å². The summed E-state index contributed by atoms with van der Waals surface area (Å²) in [6.07, 6.45) is 5.50. The van der Waals surface area contributed by atoms with Crippen molar-refractivity contribution >= 4 is 0 Å². The number of aromatic nitrogens is 1. The molecule has 1 aromatic heterocycles. The summed E-state index contributed by atoms with van der Waals surface area (Å²) in [6, 6.07) is 0. The molecule has 1 aromatic rings. The molecule has 1 aliphatic heterocycles. The molecule has 2 atom stereocenters. The van der Waals surface area contributed by atoms with Crippen molar-refractivity contribution in [2.75, 3.05) is 13.1 Å². The zero-order valence-corrected chi connectivity index (χ0v) is 12.0. The number of oxazole rings is 1. The van der Waals surface area contributed by atoms with Crippen molar-refractivity contribution in [3.05, 3.63) is 17.3 Å². The zero-order valence-electron chi connectivity index (χ0n) is 12.0. The molecule has 0 aromatic carbocycles. The fraction of sp³-hybridized carbons (Fsp3) is 0.800. The molecule has 4 nitrogen and oxygen atoms in total. The normalized spacial score (nSPS) is 32.3. The van der Waals surface area contributed by atoms with E-state index in [9.17, 15) is 5.11 Å². The molecule has 1 saturated heterocycles. The first kappa shape index (κ1) is 13.1. The summed E-state index contributed by atoms with van der Waals surface area (Å²) in [5.41, 5.74) is 0.596. The predicted octanol–water partition coefficient (Wildman–Crippen LogP) is 2.42. The van der Waals surface area contributed by atoms with Crippen LogP contribution in [0, 0.1) is 19.8 Å². The Morgan fingerprint density at radius 2 is 2.21 bits per heavy atom. The molecule has 2 aliphatic rings. The van der Waals surface area contributed by atoms with Crippen LogP contribution in [0.1, 0.15) is 49.4 Å². The van der Waals surface area contributed by atoms with Crippen LogP contribution in [-0.4, -0.2) is 33.7 Å². The van der Waals surface area contributed by atoms with Crippen LogP contribution in [0.25, 0.3) is 0 Å². The van der Waals surface area contributed by atoms with E-state index in [0.29, 0.717) is 5.92 Å². The summed E-state index contributed by atoms with van der Waals surface area (Å²) in [7, 11) is 0. The summed E-state index contributed by atoms with van der Waals surface area (Å²) in [6.45, 7) is 6.66. The van der Waals surface area contributed by atoms with E-state index in [-0.39, 0.29) is 0 Å². The van der Waals surface area contributed by atoms with E-state index >= 15 is 0 Å². The minimum atomic E-state index is -0.392. The highest BCUT2D eigenvalue weighted by Crippen LogP contribution is 2.39. The maximum atomic E-state index is 10.7. The van der Waals surface area contributed by atoms with Crippen LogP contribution in [-0.2, 0) is 6.54 Å². The Kier molecular flexibility index (Phi) is 3.39. The maximum Gasteiger partial charge on any atom is 0.208 e. The SMILES string of the molecule is Cc1nc(CN2CCC3(O)CCCCC3C2)oc1C. The molecule has 1 saturated carbocycles. The van der Waals surface area contributed by atoms with Gasteiger partial charge in [-0.15, -0.1) is 0 Å². The number of aliphatic hydroxyl groups is 1. The summed E-state index contributed by atoms with van der Waals surface area (Å²) in [4.78, 5) is 6.84. The molecule has 19 heavy (non-hydrogen) atoms. The smallest absolute Gasteiger partial charge is 0.208 e. The van der Waals surface area contributed by atoms with Gasteiger partial charge in [-0.2, -0.15) is 0 Å². The molecule has 0 radical (unpaired) electrons. The van der Waals surface area contributed by atoms with E-state index in [0.717, 1.165) is 56.2 Å². The quantitative estimate of drug-likeness (QED) is 0.891. The van der Waals surface area contributed by atoms with E-state index in [1.807, 2.05) is 13.8 Å². The van der Waals surface area contributed by atoms with Crippen molar-refractivity contribution in [1.29, 1.82) is 0 Å². The minimum Gasteiger partial charge on any atom is -0.444 e. The molecule has 2 unspecified atom stereocenters. The third-order valence-electron chi connectivity index (χ3n) is 4.94. The zero-order chi connectivity index (χ0) is 13.5. The lowest BCUT2D eigenvalue weighted by Gasteiger charge is -2.47. The van der Waals surface area contributed by atoms with Crippen LogP contribution in [0.2, 0.25) is 0 Å². The first-order valence-electron chi connectivity index (χ1n) is 7.44. The van der Waals surface area contributed by atoms with E-state index in [1.165, 1.54) is 12.8 Å². The molecule has 2 heterocycles. The van der Waals surface area contributed by atoms with Crippen molar-refractivity contribution in [2.45, 2.75) is 58.1 Å². The third-order valence-corrected chi connectivity index (χ3v) is 4.94. The third kappa shape index (κ3) is 2.56. The van der Waals surface area contributed by atoms with Gasteiger partial charge in [0.1, 0.15) is 5.76 Å². The number of hydrogen-bond donors (Lipinski definition) is 1. The maximum absolute atomic E-state index is 10.7. The van der Waals surface area contributed by atoms with Crippen molar-refractivity contribution < 1.29 is 9.52 Å². The van der Waals surface area contributed by atoms with Gasteiger partial charge in [-0.3, -0.25) is 4.90 Å². The molecule has 3 rings (SSSR count). The van der Waals surface area contributed by atoms with Gasteiger partial charge in [-0.25, -0.2) is 4.98 Å². The fourth-order valence-electron chi connectivity index (χ4n) is 3.58. The van der Waals surface area contributed by atoms with Crippen LogP contribution < -0.4 is 0 Å². The molecule has 0 bridgehead atoms. The van der Waals surface area contributed by atoms with Gasteiger partial charge in [0.2, 0.25) is 5.89 Å². The van der Waals surface area contributed by atoms with E-state index in [1.54, 1.807) is 0 Å². The summed E-state index contributed by atoms with van der Waals surface area (Å²) in [5.74, 6) is 2.17. The van der Waals surface area contributed by atoms with Crippen LogP contribution in [0.5, 0.6) is 0 Å².